The van der Waals surface area contributed by atoms with E-state index in [1.165, 1.54) is 6.20 Å². The first-order chi connectivity index (χ1) is 11.0. The first kappa shape index (κ1) is 18.2. The molecule has 0 aliphatic carbocycles. The number of anilines is 1. The summed E-state index contributed by atoms with van der Waals surface area (Å²) in [6.07, 6.45) is 5.09. The number of carbonyl (C=O) groups is 2. The van der Waals surface area contributed by atoms with Gasteiger partial charge in [-0.3, -0.25) is 9.59 Å². The van der Waals surface area contributed by atoms with Crippen LogP contribution in [0.1, 0.15) is 31.2 Å². The zero-order valence-corrected chi connectivity index (χ0v) is 13.0. The number of hydrogen-bond donors (Lipinski definition) is 3. The summed E-state index contributed by atoms with van der Waals surface area (Å²) in [5, 5.41) is 23.0. The number of hydrogen-bond acceptors (Lipinski definition) is 5. The van der Waals surface area contributed by atoms with Crippen molar-refractivity contribution < 1.29 is 14.7 Å². The molecule has 0 spiro atoms. The predicted molar refractivity (Wildman–Crippen MR) is 85.4 cm³/mol. The van der Waals surface area contributed by atoms with E-state index in [9.17, 15) is 9.59 Å². The Kier molecular flexibility index (Phi) is 7.86. The lowest BCUT2D eigenvalue weighted by atomic mass is 10.2. The van der Waals surface area contributed by atoms with E-state index in [1.807, 2.05) is 19.1 Å². The van der Waals surface area contributed by atoms with Crippen LogP contribution >= 0.6 is 0 Å². The molecule has 1 heterocycles. The van der Waals surface area contributed by atoms with Gasteiger partial charge in [-0.25, -0.2) is 4.98 Å². The van der Waals surface area contributed by atoms with Gasteiger partial charge in [0.15, 0.2) is 0 Å². The van der Waals surface area contributed by atoms with Gasteiger partial charge in [0.1, 0.15) is 17.5 Å². The van der Waals surface area contributed by atoms with Crippen LogP contribution in [0.2, 0.25) is 0 Å². The van der Waals surface area contributed by atoms with Gasteiger partial charge in [-0.15, -0.1) is 0 Å². The molecular weight excluding hydrogens is 296 g/mol. The average Bonchev–Trinajstić information content (AvgIpc) is 2.52. The number of rotatable bonds is 9. The van der Waals surface area contributed by atoms with Crippen LogP contribution in [0.5, 0.6) is 0 Å². The van der Waals surface area contributed by atoms with Gasteiger partial charge in [0.05, 0.1) is 0 Å². The number of aryl methyl sites for hydroxylation is 1. The lowest BCUT2D eigenvalue weighted by Crippen LogP contribution is -2.26. The maximum Gasteiger partial charge on any atom is 0.303 e. The Morgan fingerprint density at radius 1 is 1.35 bits per heavy atom. The molecule has 1 amide bonds. The van der Waals surface area contributed by atoms with Crippen LogP contribution in [0.15, 0.2) is 30.1 Å². The molecule has 0 saturated heterocycles. The first-order valence-electron chi connectivity index (χ1n) is 7.32. The minimum atomic E-state index is -0.820. The van der Waals surface area contributed by atoms with E-state index in [1.54, 1.807) is 12.3 Å². The smallest absolute Gasteiger partial charge is 0.303 e. The van der Waals surface area contributed by atoms with E-state index in [0.29, 0.717) is 31.6 Å². The number of nitriles is 1. The monoisotopic (exact) mass is 316 g/mol. The Morgan fingerprint density at radius 2 is 2.13 bits per heavy atom. The van der Waals surface area contributed by atoms with Crippen molar-refractivity contribution >= 4 is 17.7 Å². The van der Waals surface area contributed by atoms with Gasteiger partial charge >= 0.3 is 5.97 Å². The van der Waals surface area contributed by atoms with Gasteiger partial charge < -0.3 is 15.7 Å². The van der Waals surface area contributed by atoms with Crippen molar-refractivity contribution in [2.45, 2.75) is 32.6 Å². The SMILES string of the molecule is Cc1ccc(N/C=C(/C#N)C(=O)NCCCCCC(=O)O)nc1. The fourth-order valence-corrected chi connectivity index (χ4v) is 1.72. The minimum Gasteiger partial charge on any atom is -0.481 e. The zero-order chi connectivity index (χ0) is 17.1. The van der Waals surface area contributed by atoms with E-state index in [0.717, 1.165) is 5.56 Å². The van der Waals surface area contributed by atoms with E-state index in [2.05, 4.69) is 15.6 Å². The molecule has 0 aliphatic heterocycles. The van der Waals surface area contributed by atoms with Gasteiger partial charge in [0.2, 0.25) is 0 Å². The summed E-state index contributed by atoms with van der Waals surface area (Å²) in [4.78, 5) is 26.3. The number of nitrogens with one attached hydrogen (secondary N) is 2. The molecule has 0 unspecified atom stereocenters. The molecule has 0 saturated carbocycles. The van der Waals surface area contributed by atoms with Crippen molar-refractivity contribution in [2.24, 2.45) is 0 Å². The molecule has 0 bridgehead atoms. The number of aliphatic carboxylic acids is 1. The van der Waals surface area contributed by atoms with E-state index in [4.69, 9.17) is 10.4 Å². The Bertz CT molecular complexity index is 603. The maximum absolute atomic E-state index is 11.8. The third kappa shape index (κ3) is 7.62. The number of amides is 1. The highest BCUT2D eigenvalue weighted by atomic mass is 16.4. The fourth-order valence-electron chi connectivity index (χ4n) is 1.72. The summed E-state index contributed by atoms with van der Waals surface area (Å²) in [7, 11) is 0. The predicted octanol–water partition coefficient (Wildman–Crippen LogP) is 1.97. The minimum absolute atomic E-state index is 0.0436. The van der Waals surface area contributed by atoms with Crippen molar-refractivity contribution in [2.75, 3.05) is 11.9 Å². The molecule has 1 aromatic heterocycles. The van der Waals surface area contributed by atoms with Gasteiger partial charge in [0, 0.05) is 25.4 Å². The summed E-state index contributed by atoms with van der Waals surface area (Å²) in [6, 6.07) is 5.45. The van der Waals surface area contributed by atoms with Crippen molar-refractivity contribution in [3.63, 3.8) is 0 Å². The number of carbonyl (C=O) groups excluding carboxylic acids is 1. The van der Waals surface area contributed by atoms with Crippen molar-refractivity contribution in [1.82, 2.24) is 10.3 Å². The second-order valence-electron chi connectivity index (χ2n) is 5.00. The number of pyridine rings is 1. The molecule has 0 aromatic carbocycles. The highest BCUT2D eigenvalue weighted by Gasteiger charge is 2.08. The summed E-state index contributed by atoms with van der Waals surface area (Å²) in [5.41, 5.74) is 0.971. The van der Waals surface area contributed by atoms with Gasteiger partial charge in [0.25, 0.3) is 5.91 Å². The molecule has 7 nitrogen and oxygen atoms in total. The summed E-state index contributed by atoms with van der Waals surface area (Å²) in [5.74, 6) is -0.741. The number of unbranched alkanes of at least 4 members (excludes halogenated alkanes) is 2. The summed E-state index contributed by atoms with van der Waals surface area (Å²) < 4.78 is 0. The molecular formula is C16H20N4O3. The molecule has 7 heteroatoms. The standard InChI is InChI=1S/C16H20N4O3/c1-12-6-7-14(19-10-12)20-11-13(9-17)16(23)18-8-4-2-3-5-15(21)22/h6-7,10-11H,2-5,8H2,1H3,(H,18,23)(H,19,20)(H,21,22)/b13-11-. The second kappa shape index (κ2) is 9.95. The van der Waals surface area contributed by atoms with Crippen LogP contribution in [-0.2, 0) is 9.59 Å². The molecule has 0 aliphatic rings. The Morgan fingerprint density at radius 3 is 2.74 bits per heavy atom. The molecule has 1 aromatic rings. The van der Waals surface area contributed by atoms with Crippen LogP contribution in [0, 0.1) is 18.3 Å². The van der Waals surface area contributed by atoms with Crippen LogP contribution in [-0.4, -0.2) is 28.5 Å². The highest BCUT2D eigenvalue weighted by Crippen LogP contribution is 2.05. The molecule has 3 N–H and O–H groups in total. The zero-order valence-electron chi connectivity index (χ0n) is 13.0. The van der Waals surface area contributed by atoms with Gasteiger partial charge in [-0.05, 0) is 31.4 Å². The largest absolute Gasteiger partial charge is 0.481 e. The first-order valence-corrected chi connectivity index (χ1v) is 7.32. The Hall–Kier alpha value is -2.88. The number of carboxylic acids is 1. The molecule has 0 radical (unpaired) electrons. The van der Waals surface area contributed by atoms with Gasteiger partial charge in [-0.1, -0.05) is 12.5 Å². The average molecular weight is 316 g/mol. The highest BCUT2D eigenvalue weighted by molar-refractivity contribution is 5.97. The molecule has 122 valence electrons. The number of nitrogens with zero attached hydrogens (tertiary/aromatic N) is 2. The summed E-state index contributed by atoms with van der Waals surface area (Å²) >= 11 is 0. The quantitative estimate of drug-likeness (QED) is 0.364. The number of aromatic nitrogens is 1. The van der Waals surface area contributed by atoms with Crippen LogP contribution in [0.25, 0.3) is 0 Å². The van der Waals surface area contributed by atoms with Crippen LogP contribution < -0.4 is 10.6 Å². The van der Waals surface area contributed by atoms with Crippen molar-refractivity contribution in [3.05, 3.63) is 35.7 Å². The Labute approximate surface area is 135 Å². The van der Waals surface area contributed by atoms with E-state index < -0.39 is 11.9 Å². The lowest BCUT2D eigenvalue weighted by Gasteiger charge is -2.05. The summed E-state index contributed by atoms with van der Waals surface area (Å²) in [6.45, 7) is 2.32. The van der Waals surface area contributed by atoms with E-state index >= 15 is 0 Å². The third-order valence-electron chi connectivity index (χ3n) is 2.99. The van der Waals surface area contributed by atoms with Gasteiger partial charge in [-0.2, -0.15) is 5.26 Å². The van der Waals surface area contributed by atoms with Crippen LogP contribution in [0.4, 0.5) is 5.82 Å². The maximum atomic E-state index is 11.8. The third-order valence-corrected chi connectivity index (χ3v) is 2.99. The van der Waals surface area contributed by atoms with E-state index in [-0.39, 0.29) is 12.0 Å². The molecule has 0 atom stereocenters. The Balaban J connectivity index is 2.36. The normalized spacial score (nSPS) is 10.7. The van der Waals surface area contributed by atoms with Crippen molar-refractivity contribution in [3.8, 4) is 6.07 Å². The molecule has 1 rings (SSSR count). The lowest BCUT2D eigenvalue weighted by molar-refractivity contribution is -0.137. The van der Waals surface area contributed by atoms with Crippen LogP contribution in [0.3, 0.4) is 0 Å². The van der Waals surface area contributed by atoms with Crippen molar-refractivity contribution in [1.29, 1.82) is 5.26 Å². The molecule has 23 heavy (non-hydrogen) atoms. The molecule has 0 fully saturated rings. The second-order valence-corrected chi connectivity index (χ2v) is 5.00. The fraction of sp³-hybridized carbons (Fsp3) is 0.375. The topological polar surface area (TPSA) is 115 Å². The number of carboxylic acid groups (broad SMARTS) is 1.